The molecule has 2 aromatic rings. The maximum absolute atomic E-state index is 12.7. The minimum atomic E-state index is -3.69. The topological polar surface area (TPSA) is 95.5 Å². The van der Waals surface area contributed by atoms with Crippen molar-refractivity contribution in [3.05, 3.63) is 48.5 Å². The first-order chi connectivity index (χ1) is 11.1. The monoisotopic (exact) mass is 348 g/mol. The van der Waals surface area contributed by atoms with Crippen molar-refractivity contribution in [2.24, 2.45) is 0 Å². The van der Waals surface area contributed by atoms with Crippen molar-refractivity contribution in [3.8, 4) is 11.1 Å². The summed E-state index contributed by atoms with van der Waals surface area (Å²) in [5.41, 5.74) is 1.05. The average molecular weight is 348 g/mol. The van der Waals surface area contributed by atoms with Gasteiger partial charge in [-0.05, 0) is 44.5 Å². The van der Waals surface area contributed by atoms with Crippen LogP contribution in [0.1, 0.15) is 20.8 Å². The zero-order valence-electron chi connectivity index (χ0n) is 13.7. The fraction of sp³-hybridized carbons (Fsp3) is 0.235. The molecule has 2 aromatic carbocycles. The van der Waals surface area contributed by atoms with E-state index in [1.54, 1.807) is 69.3 Å². The van der Waals surface area contributed by atoms with Gasteiger partial charge in [-0.2, -0.15) is 0 Å². The first-order valence-electron chi connectivity index (χ1n) is 7.32. The molecule has 0 aromatic heterocycles. The van der Waals surface area contributed by atoms with Crippen molar-refractivity contribution in [1.82, 2.24) is 4.72 Å². The Bertz CT molecular complexity index is 838. The summed E-state index contributed by atoms with van der Waals surface area (Å²) < 4.78 is 27.9. The van der Waals surface area contributed by atoms with E-state index < -0.39 is 21.7 Å². The predicted molar refractivity (Wildman–Crippen MR) is 93.6 cm³/mol. The summed E-state index contributed by atoms with van der Waals surface area (Å²) in [5, 5.41) is 11.0. The molecule has 7 heteroatoms. The van der Waals surface area contributed by atoms with E-state index in [1.807, 2.05) is 0 Å². The van der Waals surface area contributed by atoms with Crippen LogP contribution in [0.5, 0.6) is 0 Å². The van der Waals surface area contributed by atoms with E-state index in [0.29, 0.717) is 16.8 Å². The van der Waals surface area contributed by atoms with Crippen LogP contribution in [0.3, 0.4) is 0 Å². The summed E-state index contributed by atoms with van der Waals surface area (Å²) in [6.45, 7) is 5.33. The fourth-order valence-electron chi connectivity index (χ4n) is 2.25. The van der Waals surface area contributed by atoms with Gasteiger partial charge in [-0.15, -0.1) is 0 Å². The standard InChI is InChI=1S/C17H20N2O4S/c1-17(2,3)19-24(22,23)15-7-5-4-6-14(15)12-8-10-13(11-9-12)18-16(20)21/h4-11,18-19H,1-3H3,(H,20,21). The number of sulfonamides is 1. The Morgan fingerprint density at radius 2 is 1.58 bits per heavy atom. The molecule has 0 aliphatic rings. The molecule has 0 bridgehead atoms. The predicted octanol–water partition coefficient (Wildman–Crippen LogP) is 3.52. The van der Waals surface area contributed by atoms with Gasteiger partial charge in [0.15, 0.2) is 0 Å². The van der Waals surface area contributed by atoms with Crippen LogP contribution < -0.4 is 10.0 Å². The van der Waals surface area contributed by atoms with Gasteiger partial charge in [0, 0.05) is 16.8 Å². The maximum atomic E-state index is 12.7. The molecule has 2 rings (SSSR count). The third-order valence-corrected chi connectivity index (χ3v) is 4.88. The van der Waals surface area contributed by atoms with Crippen molar-refractivity contribution >= 4 is 21.8 Å². The molecule has 128 valence electrons. The fourth-order valence-corrected chi connectivity index (χ4v) is 3.90. The van der Waals surface area contributed by atoms with Crippen LogP contribution in [0.15, 0.2) is 53.4 Å². The van der Waals surface area contributed by atoms with Crippen molar-refractivity contribution in [2.75, 3.05) is 5.32 Å². The average Bonchev–Trinajstić information content (AvgIpc) is 2.45. The molecule has 0 heterocycles. The minimum absolute atomic E-state index is 0.180. The van der Waals surface area contributed by atoms with Crippen molar-refractivity contribution in [2.45, 2.75) is 31.2 Å². The SMILES string of the molecule is CC(C)(C)NS(=O)(=O)c1ccccc1-c1ccc(NC(=O)O)cc1. The van der Waals surface area contributed by atoms with Gasteiger partial charge in [0.2, 0.25) is 10.0 Å². The van der Waals surface area contributed by atoms with Gasteiger partial charge in [0.1, 0.15) is 0 Å². The lowest BCUT2D eigenvalue weighted by Crippen LogP contribution is -2.40. The van der Waals surface area contributed by atoms with E-state index in [9.17, 15) is 13.2 Å². The molecule has 0 aliphatic heterocycles. The Hall–Kier alpha value is -2.38. The van der Waals surface area contributed by atoms with Gasteiger partial charge < -0.3 is 5.11 Å². The molecule has 3 N–H and O–H groups in total. The lowest BCUT2D eigenvalue weighted by atomic mass is 10.1. The number of benzene rings is 2. The molecule has 0 saturated carbocycles. The number of hydrogen-bond donors (Lipinski definition) is 3. The Balaban J connectivity index is 2.44. The third kappa shape index (κ3) is 4.56. The molecule has 1 amide bonds. The lowest BCUT2D eigenvalue weighted by molar-refractivity contribution is 0.209. The van der Waals surface area contributed by atoms with Crippen LogP contribution in [0.4, 0.5) is 10.5 Å². The summed E-state index contributed by atoms with van der Waals surface area (Å²) >= 11 is 0. The molecule has 0 spiro atoms. The Labute approximate surface area is 141 Å². The number of nitrogens with one attached hydrogen (secondary N) is 2. The second kappa shape index (κ2) is 6.62. The normalized spacial score (nSPS) is 12.0. The Kier molecular flexibility index (Phi) is 4.96. The summed E-state index contributed by atoms with van der Waals surface area (Å²) in [5.74, 6) is 0. The highest BCUT2D eigenvalue weighted by Crippen LogP contribution is 2.28. The number of amides is 1. The minimum Gasteiger partial charge on any atom is -0.465 e. The van der Waals surface area contributed by atoms with Crippen LogP contribution >= 0.6 is 0 Å². The highest BCUT2D eigenvalue weighted by molar-refractivity contribution is 7.89. The van der Waals surface area contributed by atoms with Gasteiger partial charge in [0.05, 0.1) is 4.90 Å². The molecular weight excluding hydrogens is 328 g/mol. The number of hydrogen-bond acceptors (Lipinski definition) is 3. The van der Waals surface area contributed by atoms with E-state index in [4.69, 9.17) is 5.11 Å². The number of carboxylic acid groups (broad SMARTS) is 1. The molecule has 0 saturated heterocycles. The van der Waals surface area contributed by atoms with E-state index in [-0.39, 0.29) is 4.90 Å². The summed E-state index contributed by atoms with van der Waals surface area (Å²) in [6, 6.07) is 13.2. The van der Waals surface area contributed by atoms with E-state index in [1.165, 1.54) is 0 Å². The number of anilines is 1. The smallest absolute Gasteiger partial charge is 0.409 e. The van der Waals surface area contributed by atoms with Gasteiger partial charge in [-0.1, -0.05) is 30.3 Å². The van der Waals surface area contributed by atoms with Gasteiger partial charge in [-0.3, -0.25) is 5.32 Å². The molecule has 0 aliphatic carbocycles. The first kappa shape index (κ1) is 18.0. The second-order valence-corrected chi connectivity index (χ2v) is 8.01. The zero-order chi connectivity index (χ0) is 18.0. The third-order valence-electron chi connectivity index (χ3n) is 3.06. The van der Waals surface area contributed by atoms with Gasteiger partial charge in [0.25, 0.3) is 0 Å². The maximum Gasteiger partial charge on any atom is 0.409 e. The van der Waals surface area contributed by atoms with Crippen LogP contribution in [-0.4, -0.2) is 25.2 Å². The quantitative estimate of drug-likeness (QED) is 0.788. The van der Waals surface area contributed by atoms with Crippen molar-refractivity contribution in [1.29, 1.82) is 0 Å². The molecule has 0 radical (unpaired) electrons. The Morgan fingerprint density at radius 3 is 2.12 bits per heavy atom. The van der Waals surface area contributed by atoms with E-state index in [0.717, 1.165) is 0 Å². The molecule has 24 heavy (non-hydrogen) atoms. The summed E-state index contributed by atoms with van der Waals surface area (Å²) in [7, 11) is -3.69. The Morgan fingerprint density at radius 1 is 1.00 bits per heavy atom. The summed E-state index contributed by atoms with van der Waals surface area (Å²) in [4.78, 5) is 10.8. The van der Waals surface area contributed by atoms with Crippen molar-refractivity contribution in [3.63, 3.8) is 0 Å². The molecule has 0 fully saturated rings. The highest BCUT2D eigenvalue weighted by Gasteiger charge is 2.24. The number of rotatable bonds is 4. The van der Waals surface area contributed by atoms with Crippen LogP contribution in [0.2, 0.25) is 0 Å². The van der Waals surface area contributed by atoms with Crippen molar-refractivity contribution < 1.29 is 18.3 Å². The molecule has 0 atom stereocenters. The molecule has 6 nitrogen and oxygen atoms in total. The molecule has 0 unspecified atom stereocenters. The van der Waals surface area contributed by atoms with Crippen LogP contribution in [0, 0.1) is 0 Å². The zero-order valence-corrected chi connectivity index (χ0v) is 14.5. The first-order valence-corrected chi connectivity index (χ1v) is 8.80. The van der Waals surface area contributed by atoms with Crippen LogP contribution in [-0.2, 0) is 10.0 Å². The van der Waals surface area contributed by atoms with E-state index >= 15 is 0 Å². The molecular formula is C17H20N2O4S. The largest absolute Gasteiger partial charge is 0.465 e. The van der Waals surface area contributed by atoms with Gasteiger partial charge >= 0.3 is 6.09 Å². The van der Waals surface area contributed by atoms with Crippen LogP contribution in [0.25, 0.3) is 11.1 Å². The summed E-state index contributed by atoms with van der Waals surface area (Å²) in [6.07, 6.45) is -1.15. The second-order valence-electron chi connectivity index (χ2n) is 6.36. The number of carbonyl (C=O) groups is 1. The highest BCUT2D eigenvalue weighted by atomic mass is 32.2. The van der Waals surface area contributed by atoms with Gasteiger partial charge in [-0.25, -0.2) is 17.9 Å². The lowest BCUT2D eigenvalue weighted by Gasteiger charge is -2.21. The van der Waals surface area contributed by atoms with E-state index in [2.05, 4.69) is 10.0 Å².